The molecule has 21 heavy (non-hydrogen) atoms. The third-order valence-electron chi connectivity index (χ3n) is 3.68. The van der Waals surface area contributed by atoms with Gasteiger partial charge in [0.25, 0.3) is 0 Å². The standard InChI is InChI=1S/C17H36N4/c1-7-18-16(20-17(4,5)6)19-9-8-10-21-12-14(2)11-15(3)13-21/h14-15H,7-13H2,1-6H3,(H2,18,19,20). The highest BCUT2D eigenvalue weighted by Gasteiger charge is 2.21. The molecule has 0 bridgehead atoms. The van der Waals surface area contributed by atoms with Crippen LogP contribution < -0.4 is 10.6 Å². The van der Waals surface area contributed by atoms with Gasteiger partial charge in [-0.2, -0.15) is 0 Å². The van der Waals surface area contributed by atoms with Crippen LogP contribution in [0.4, 0.5) is 0 Å². The fourth-order valence-corrected chi connectivity index (χ4v) is 3.12. The fourth-order valence-electron chi connectivity index (χ4n) is 3.12. The van der Waals surface area contributed by atoms with Crippen molar-refractivity contribution in [3.8, 4) is 0 Å². The van der Waals surface area contributed by atoms with E-state index in [-0.39, 0.29) is 5.54 Å². The molecule has 2 N–H and O–H groups in total. The van der Waals surface area contributed by atoms with Crippen LogP contribution in [0.5, 0.6) is 0 Å². The third kappa shape index (κ3) is 8.30. The summed E-state index contributed by atoms with van der Waals surface area (Å²) in [6.45, 7) is 18.8. The number of guanidine groups is 1. The van der Waals surface area contributed by atoms with E-state index < -0.39 is 0 Å². The van der Waals surface area contributed by atoms with Crippen LogP contribution in [0.3, 0.4) is 0 Å². The minimum Gasteiger partial charge on any atom is -0.357 e. The molecule has 0 amide bonds. The third-order valence-corrected chi connectivity index (χ3v) is 3.68. The predicted molar refractivity (Wildman–Crippen MR) is 92.9 cm³/mol. The van der Waals surface area contributed by atoms with Crippen molar-refractivity contribution >= 4 is 5.96 Å². The van der Waals surface area contributed by atoms with Gasteiger partial charge in [-0.15, -0.1) is 0 Å². The summed E-state index contributed by atoms with van der Waals surface area (Å²) in [6, 6.07) is 0. The Morgan fingerprint density at radius 2 is 1.81 bits per heavy atom. The van der Waals surface area contributed by atoms with Crippen LogP contribution in [0.2, 0.25) is 0 Å². The van der Waals surface area contributed by atoms with Crippen LogP contribution in [0.25, 0.3) is 0 Å². The van der Waals surface area contributed by atoms with Crippen LogP contribution in [-0.4, -0.2) is 49.1 Å². The quantitative estimate of drug-likeness (QED) is 0.465. The van der Waals surface area contributed by atoms with Gasteiger partial charge in [-0.1, -0.05) is 13.8 Å². The molecule has 4 heteroatoms. The second-order valence-electron chi connectivity index (χ2n) is 7.69. The minimum absolute atomic E-state index is 0.0543. The Morgan fingerprint density at radius 3 is 2.33 bits per heavy atom. The van der Waals surface area contributed by atoms with Crippen molar-refractivity contribution in [1.82, 2.24) is 15.5 Å². The maximum Gasteiger partial charge on any atom is 0.191 e. The summed E-state index contributed by atoms with van der Waals surface area (Å²) in [5, 5.41) is 6.75. The molecule has 1 fully saturated rings. The molecule has 1 rings (SSSR count). The summed E-state index contributed by atoms with van der Waals surface area (Å²) < 4.78 is 0. The Morgan fingerprint density at radius 1 is 1.19 bits per heavy atom. The van der Waals surface area contributed by atoms with Crippen molar-refractivity contribution in [2.24, 2.45) is 16.8 Å². The van der Waals surface area contributed by atoms with E-state index in [4.69, 9.17) is 0 Å². The van der Waals surface area contributed by atoms with Gasteiger partial charge in [-0.3, -0.25) is 4.99 Å². The molecule has 0 aromatic heterocycles. The van der Waals surface area contributed by atoms with Crippen molar-refractivity contribution in [2.75, 3.05) is 32.7 Å². The lowest BCUT2D eigenvalue weighted by atomic mass is 9.92. The van der Waals surface area contributed by atoms with Crippen LogP contribution in [0.1, 0.15) is 54.4 Å². The van der Waals surface area contributed by atoms with Crippen LogP contribution in [-0.2, 0) is 0 Å². The normalized spacial score (nSPS) is 25.0. The van der Waals surface area contributed by atoms with Crippen molar-refractivity contribution in [3.63, 3.8) is 0 Å². The van der Waals surface area contributed by atoms with Gasteiger partial charge in [0.1, 0.15) is 0 Å². The summed E-state index contributed by atoms with van der Waals surface area (Å²) in [5.41, 5.74) is 0.0543. The molecule has 0 saturated carbocycles. The van der Waals surface area contributed by atoms with Crippen molar-refractivity contribution in [3.05, 3.63) is 0 Å². The van der Waals surface area contributed by atoms with E-state index in [2.05, 4.69) is 62.1 Å². The Balaban J connectivity index is 2.33. The number of hydrogen-bond donors (Lipinski definition) is 2. The molecule has 0 radical (unpaired) electrons. The van der Waals surface area contributed by atoms with Gasteiger partial charge in [-0.25, -0.2) is 0 Å². The highest BCUT2D eigenvalue weighted by atomic mass is 15.2. The Kier molecular flexibility index (Phi) is 7.50. The zero-order chi connectivity index (χ0) is 15.9. The first kappa shape index (κ1) is 18.3. The molecule has 1 saturated heterocycles. The molecule has 4 nitrogen and oxygen atoms in total. The zero-order valence-electron chi connectivity index (χ0n) is 15.0. The number of rotatable bonds is 5. The second-order valence-corrected chi connectivity index (χ2v) is 7.69. The maximum atomic E-state index is 4.69. The average molecular weight is 297 g/mol. The van der Waals surface area contributed by atoms with Gasteiger partial charge in [0.2, 0.25) is 0 Å². The average Bonchev–Trinajstić information content (AvgIpc) is 2.31. The molecular weight excluding hydrogens is 260 g/mol. The largest absolute Gasteiger partial charge is 0.357 e. The van der Waals surface area contributed by atoms with Crippen molar-refractivity contribution in [2.45, 2.75) is 59.9 Å². The van der Waals surface area contributed by atoms with E-state index >= 15 is 0 Å². The maximum absolute atomic E-state index is 4.69. The molecule has 2 atom stereocenters. The van der Waals surface area contributed by atoms with E-state index in [1.54, 1.807) is 0 Å². The second kappa shape index (κ2) is 8.62. The number of likely N-dealkylation sites (tertiary alicyclic amines) is 1. The van der Waals surface area contributed by atoms with Gasteiger partial charge >= 0.3 is 0 Å². The van der Waals surface area contributed by atoms with Crippen LogP contribution >= 0.6 is 0 Å². The highest BCUT2D eigenvalue weighted by molar-refractivity contribution is 5.80. The van der Waals surface area contributed by atoms with Gasteiger partial charge in [0.15, 0.2) is 5.96 Å². The molecule has 1 aliphatic heterocycles. The van der Waals surface area contributed by atoms with E-state index in [1.165, 1.54) is 26.1 Å². The lowest BCUT2D eigenvalue weighted by molar-refractivity contribution is 0.140. The van der Waals surface area contributed by atoms with Gasteiger partial charge in [0.05, 0.1) is 0 Å². The molecule has 1 aliphatic rings. The Bertz CT molecular complexity index is 309. The first-order chi connectivity index (χ1) is 9.80. The SMILES string of the molecule is CCNC(=NCCCN1CC(C)CC(C)C1)NC(C)(C)C. The van der Waals surface area contributed by atoms with Crippen LogP contribution in [0, 0.1) is 11.8 Å². The van der Waals surface area contributed by atoms with Crippen LogP contribution in [0.15, 0.2) is 4.99 Å². The number of nitrogens with zero attached hydrogens (tertiary/aromatic N) is 2. The summed E-state index contributed by atoms with van der Waals surface area (Å²) in [7, 11) is 0. The molecular formula is C17H36N4. The Labute approximate surface area is 131 Å². The smallest absolute Gasteiger partial charge is 0.191 e. The molecule has 2 unspecified atom stereocenters. The first-order valence-corrected chi connectivity index (χ1v) is 8.59. The number of hydrogen-bond acceptors (Lipinski definition) is 2. The van der Waals surface area contributed by atoms with E-state index in [0.717, 1.165) is 37.3 Å². The fraction of sp³-hybridized carbons (Fsp3) is 0.941. The topological polar surface area (TPSA) is 39.7 Å². The molecule has 0 aliphatic carbocycles. The summed E-state index contributed by atoms with van der Waals surface area (Å²) in [5.74, 6) is 2.62. The minimum atomic E-state index is 0.0543. The molecule has 1 heterocycles. The Hall–Kier alpha value is -0.770. The lowest BCUT2D eigenvalue weighted by Gasteiger charge is -2.34. The number of aliphatic imine (C=N–C) groups is 1. The first-order valence-electron chi connectivity index (χ1n) is 8.59. The van der Waals surface area contributed by atoms with E-state index in [1.807, 2.05) is 0 Å². The number of piperidine rings is 1. The van der Waals surface area contributed by atoms with Crippen molar-refractivity contribution in [1.29, 1.82) is 0 Å². The van der Waals surface area contributed by atoms with E-state index in [9.17, 15) is 0 Å². The van der Waals surface area contributed by atoms with Crippen molar-refractivity contribution < 1.29 is 0 Å². The summed E-state index contributed by atoms with van der Waals surface area (Å²) >= 11 is 0. The molecule has 0 aromatic carbocycles. The molecule has 0 spiro atoms. The molecule has 0 aromatic rings. The number of nitrogens with one attached hydrogen (secondary N) is 2. The summed E-state index contributed by atoms with van der Waals surface area (Å²) in [4.78, 5) is 7.30. The van der Waals surface area contributed by atoms with Gasteiger partial charge < -0.3 is 15.5 Å². The van der Waals surface area contributed by atoms with E-state index in [0.29, 0.717) is 0 Å². The lowest BCUT2D eigenvalue weighted by Crippen LogP contribution is -2.47. The molecule has 124 valence electrons. The zero-order valence-corrected chi connectivity index (χ0v) is 15.0. The van der Waals surface area contributed by atoms with Gasteiger partial charge in [-0.05, 0) is 58.9 Å². The highest BCUT2D eigenvalue weighted by Crippen LogP contribution is 2.20. The summed E-state index contributed by atoms with van der Waals surface area (Å²) in [6.07, 6.45) is 2.52. The predicted octanol–water partition coefficient (Wildman–Crippen LogP) is 2.71. The van der Waals surface area contributed by atoms with Gasteiger partial charge in [0, 0.05) is 31.7 Å². The monoisotopic (exact) mass is 296 g/mol.